The predicted octanol–water partition coefficient (Wildman–Crippen LogP) is 1.48. The van der Waals surface area contributed by atoms with Crippen LogP contribution in [0, 0.1) is 5.41 Å². The van der Waals surface area contributed by atoms with Crippen molar-refractivity contribution in [3.63, 3.8) is 0 Å². The molecule has 1 heterocycles. The summed E-state index contributed by atoms with van der Waals surface area (Å²) >= 11 is 3.13. The fourth-order valence-corrected chi connectivity index (χ4v) is 0.969. The molecular formula is C6H11BrN4. The molecule has 1 aromatic heterocycles. The average molecular weight is 219 g/mol. The molecule has 0 unspecified atom stereocenters. The van der Waals surface area contributed by atoms with Gasteiger partial charge in [-0.2, -0.15) is 4.80 Å². The fourth-order valence-electron chi connectivity index (χ4n) is 0.715. The largest absolute Gasteiger partial charge is 0.239 e. The molecule has 0 aliphatic rings. The Morgan fingerprint density at radius 3 is 2.45 bits per heavy atom. The highest BCUT2D eigenvalue weighted by Crippen LogP contribution is 2.14. The number of halogens is 1. The molecule has 0 spiro atoms. The zero-order valence-electron chi connectivity index (χ0n) is 6.87. The zero-order valence-corrected chi connectivity index (χ0v) is 8.46. The topological polar surface area (TPSA) is 43.6 Å². The van der Waals surface area contributed by atoms with E-state index in [9.17, 15) is 0 Å². The molecule has 1 aromatic rings. The molecule has 0 bridgehead atoms. The quantitative estimate of drug-likeness (QED) is 0.718. The van der Waals surface area contributed by atoms with Crippen molar-refractivity contribution in [1.82, 2.24) is 20.2 Å². The van der Waals surface area contributed by atoms with Crippen LogP contribution >= 0.6 is 15.9 Å². The third-order valence-electron chi connectivity index (χ3n) is 1.04. The second-order valence-corrected chi connectivity index (χ2v) is 4.36. The molecule has 0 saturated carbocycles. The van der Waals surface area contributed by atoms with Crippen LogP contribution < -0.4 is 0 Å². The van der Waals surface area contributed by atoms with Gasteiger partial charge < -0.3 is 0 Å². The van der Waals surface area contributed by atoms with Crippen LogP contribution in [0.3, 0.4) is 0 Å². The van der Waals surface area contributed by atoms with Crippen LogP contribution in [0.2, 0.25) is 0 Å². The minimum absolute atomic E-state index is 0.195. The summed E-state index contributed by atoms with van der Waals surface area (Å²) in [6, 6.07) is 0. The van der Waals surface area contributed by atoms with Crippen LogP contribution in [0.4, 0.5) is 0 Å². The normalized spacial score (nSPS) is 12.0. The molecule has 0 aliphatic heterocycles. The summed E-state index contributed by atoms with van der Waals surface area (Å²) in [4.78, 5) is 1.59. The molecule has 0 atom stereocenters. The van der Waals surface area contributed by atoms with Gasteiger partial charge in [-0.1, -0.05) is 20.8 Å². The highest BCUT2D eigenvalue weighted by molar-refractivity contribution is 9.10. The Morgan fingerprint density at radius 1 is 1.45 bits per heavy atom. The van der Waals surface area contributed by atoms with Crippen molar-refractivity contribution in [2.24, 2.45) is 5.41 Å². The lowest BCUT2D eigenvalue weighted by Gasteiger charge is -2.15. The maximum absolute atomic E-state index is 4.01. The Bertz CT molecular complexity index is 237. The van der Waals surface area contributed by atoms with E-state index in [1.807, 2.05) is 0 Å². The van der Waals surface area contributed by atoms with Crippen LogP contribution in [-0.4, -0.2) is 20.2 Å². The summed E-state index contributed by atoms with van der Waals surface area (Å²) in [5, 5.41) is 11.5. The van der Waals surface area contributed by atoms with Crippen molar-refractivity contribution in [3.8, 4) is 0 Å². The van der Waals surface area contributed by atoms with Crippen LogP contribution in [0.15, 0.2) is 4.73 Å². The van der Waals surface area contributed by atoms with Gasteiger partial charge in [0.05, 0.1) is 6.54 Å². The number of aromatic nitrogens is 4. The fraction of sp³-hybridized carbons (Fsp3) is 0.833. The SMILES string of the molecule is CC(C)(C)Cn1nnc(Br)n1. The predicted molar refractivity (Wildman–Crippen MR) is 45.0 cm³/mol. The molecule has 62 valence electrons. The van der Waals surface area contributed by atoms with E-state index >= 15 is 0 Å². The Balaban J connectivity index is 2.65. The first kappa shape index (κ1) is 8.64. The number of rotatable bonds is 1. The van der Waals surface area contributed by atoms with E-state index < -0.39 is 0 Å². The van der Waals surface area contributed by atoms with Crippen molar-refractivity contribution in [2.45, 2.75) is 27.3 Å². The van der Waals surface area contributed by atoms with Crippen molar-refractivity contribution < 1.29 is 0 Å². The minimum atomic E-state index is 0.195. The lowest BCUT2D eigenvalue weighted by Crippen LogP contribution is -2.17. The summed E-state index contributed by atoms with van der Waals surface area (Å²) < 4.78 is 0.543. The molecule has 0 aliphatic carbocycles. The minimum Gasteiger partial charge on any atom is -0.163 e. The van der Waals surface area contributed by atoms with E-state index in [4.69, 9.17) is 0 Å². The number of hydrogen-bond donors (Lipinski definition) is 0. The van der Waals surface area contributed by atoms with E-state index in [0.717, 1.165) is 6.54 Å². The number of nitrogens with zero attached hydrogens (tertiary/aromatic N) is 4. The van der Waals surface area contributed by atoms with E-state index in [0.29, 0.717) is 4.73 Å². The molecule has 0 saturated heterocycles. The standard InChI is InChI=1S/C6H11BrN4/c1-6(2,3)4-11-9-5(7)8-10-11/h4H2,1-3H3. The first-order valence-corrected chi connectivity index (χ1v) is 4.20. The van der Waals surface area contributed by atoms with E-state index in [1.54, 1.807) is 4.80 Å². The highest BCUT2D eigenvalue weighted by Gasteiger charge is 2.12. The molecular weight excluding hydrogens is 208 g/mol. The first-order chi connectivity index (χ1) is 4.97. The Morgan fingerprint density at radius 2 is 2.09 bits per heavy atom. The van der Waals surface area contributed by atoms with Crippen molar-refractivity contribution in [2.75, 3.05) is 0 Å². The van der Waals surface area contributed by atoms with Gasteiger partial charge in [-0.3, -0.25) is 0 Å². The molecule has 0 amide bonds. The lowest BCUT2D eigenvalue weighted by atomic mass is 9.97. The molecule has 0 N–H and O–H groups in total. The maximum Gasteiger partial charge on any atom is 0.239 e. The third-order valence-corrected chi connectivity index (χ3v) is 1.36. The molecule has 4 nitrogen and oxygen atoms in total. The van der Waals surface area contributed by atoms with Gasteiger partial charge >= 0.3 is 0 Å². The lowest BCUT2D eigenvalue weighted by molar-refractivity contribution is 0.299. The maximum atomic E-state index is 4.01. The van der Waals surface area contributed by atoms with Crippen LogP contribution in [0.1, 0.15) is 20.8 Å². The van der Waals surface area contributed by atoms with Gasteiger partial charge in [0.15, 0.2) is 0 Å². The Hall–Kier alpha value is -0.450. The molecule has 0 radical (unpaired) electrons. The summed E-state index contributed by atoms with van der Waals surface area (Å²) in [5.41, 5.74) is 0.195. The summed E-state index contributed by atoms with van der Waals surface area (Å²) in [7, 11) is 0. The molecule has 0 fully saturated rings. The van der Waals surface area contributed by atoms with E-state index in [-0.39, 0.29) is 5.41 Å². The Labute approximate surface area is 74.1 Å². The average Bonchev–Trinajstić information content (AvgIpc) is 2.10. The monoisotopic (exact) mass is 218 g/mol. The second kappa shape index (κ2) is 2.89. The first-order valence-electron chi connectivity index (χ1n) is 3.41. The number of tetrazole rings is 1. The van der Waals surface area contributed by atoms with Gasteiger partial charge in [0.25, 0.3) is 0 Å². The number of hydrogen-bond acceptors (Lipinski definition) is 3. The smallest absolute Gasteiger partial charge is 0.163 e. The van der Waals surface area contributed by atoms with Crippen molar-refractivity contribution >= 4 is 15.9 Å². The van der Waals surface area contributed by atoms with Gasteiger partial charge in [-0.15, -0.1) is 10.2 Å². The Kier molecular flexibility index (Phi) is 2.27. The van der Waals surface area contributed by atoms with Crippen LogP contribution in [0.5, 0.6) is 0 Å². The van der Waals surface area contributed by atoms with Crippen LogP contribution in [-0.2, 0) is 6.54 Å². The van der Waals surface area contributed by atoms with Crippen molar-refractivity contribution in [3.05, 3.63) is 4.73 Å². The summed E-state index contributed by atoms with van der Waals surface area (Å²) in [6.07, 6.45) is 0. The summed E-state index contributed by atoms with van der Waals surface area (Å²) in [5.74, 6) is 0. The van der Waals surface area contributed by atoms with Crippen LogP contribution in [0.25, 0.3) is 0 Å². The molecule has 0 aromatic carbocycles. The molecule has 1 rings (SSSR count). The van der Waals surface area contributed by atoms with Gasteiger partial charge in [-0.25, -0.2) is 0 Å². The summed E-state index contributed by atoms with van der Waals surface area (Å²) in [6.45, 7) is 7.17. The van der Waals surface area contributed by atoms with Gasteiger partial charge in [0.2, 0.25) is 4.73 Å². The molecule has 5 heteroatoms. The third kappa shape index (κ3) is 2.96. The molecule has 11 heavy (non-hydrogen) atoms. The zero-order chi connectivity index (χ0) is 8.48. The van der Waals surface area contributed by atoms with Gasteiger partial charge in [0, 0.05) is 0 Å². The second-order valence-electron chi connectivity index (χ2n) is 3.65. The van der Waals surface area contributed by atoms with Crippen molar-refractivity contribution in [1.29, 1.82) is 0 Å². The van der Waals surface area contributed by atoms with Gasteiger partial charge in [0.1, 0.15) is 0 Å². The van der Waals surface area contributed by atoms with E-state index in [2.05, 4.69) is 52.1 Å². The highest BCUT2D eigenvalue weighted by atomic mass is 79.9. The van der Waals surface area contributed by atoms with E-state index in [1.165, 1.54) is 0 Å². The van der Waals surface area contributed by atoms with Gasteiger partial charge in [-0.05, 0) is 26.6 Å².